The van der Waals surface area contributed by atoms with Crippen molar-refractivity contribution < 1.29 is 54.0 Å². The third-order valence-electron chi connectivity index (χ3n) is 7.78. The van der Waals surface area contributed by atoms with Crippen molar-refractivity contribution in [2.75, 3.05) is 0 Å². The van der Waals surface area contributed by atoms with Crippen molar-refractivity contribution in [3.8, 4) is 11.1 Å². The summed E-state index contributed by atoms with van der Waals surface area (Å²) in [7, 11) is -1.10. The van der Waals surface area contributed by atoms with E-state index in [9.17, 15) is 0 Å². The Kier molecular flexibility index (Phi) is 8.40. The topological polar surface area (TPSA) is 13.1 Å². The SMILES string of the molecule is CC1=C2c3oc(C)cc3C1[Si]2(C)C.CC1=Cc2c(-c3ccc(C(C)C)cc3)cccc2[CH]1[Zr+2].[Cl-].[Cl-]. The molecule has 181 valence electrons. The van der Waals surface area contributed by atoms with Gasteiger partial charge in [0, 0.05) is 11.1 Å². The van der Waals surface area contributed by atoms with Crippen molar-refractivity contribution in [3.63, 3.8) is 0 Å². The van der Waals surface area contributed by atoms with Gasteiger partial charge in [-0.15, -0.1) is 0 Å². The van der Waals surface area contributed by atoms with Gasteiger partial charge in [0.15, 0.2) is 0 Å². The second-order valence-electron chi connectivity index (χ2n) is 10.8. The van der Waals surface area contributed by atoms with Gasteiger partial charge >= 0.3 is 137 Å². The average Bonchev–Trinajstić information content (AvgIpc) is 3.42. The Labute approximate surface area is 239 Å². The molecule has 0 spiro atoms. The summed E-state index contributed by atoms with van der Waals surface area (Å²) in [4.78, 5) is 0. The maximum absolute atomic E-state index is 5.76. The third kappa shape index (κ3) is 4.56. The maximum Gasteiger partial charge on any atom is -1.00 e. The number of halogens is 2. The van der Waals surface area contributed by atoms with Gasteiger partial charge in [0.05, 0.1) is 8.07 Å². The van der Waals surface area contributed by atoms with Crippen LogP contribution in [0.4, 0.5) is 0 Å². The summed E-state index contributed by atoms with van der Waals surface area (Å²) in [5.74, 6) is 2.90. The van der Waals surface area contributed by atoms with Gasteiger partial charge in [0.1, 0.15) is 11.5 Å². The molecular formula is C30H33Cl2OSiZr. The van der Waals surface area contributed by atoms with Gasteiger partial charge < -0.3 is 29.2 Å². The first-order valence-electron chi connectivity index (χ1n) is 12.1. The van der Waals surface area contributed by atoms with E-state index >= 15 is 0 Å². The van der Waals surface area contributed by atoms with Crippen molar-refractivity contribution in [2.45, 2.75) is 62.8 Å². The van der Waals surface area contributed by atoms with E-state index in [1.165, 1.54) is 44.7 Å². The second kappa shape index (κ2) is 10.3. The van der Waals surface area contributed by atoms with Crippen LogP contribution in [-0.4, -0.2) is 8.07 Å². The minimum absolute atomic E-state index is 0. The van der Waals surface area contributed by atoms with Crippen LogP contribution < -0.4 is 24.8 Å². The summed E-state index contributed by atoms with van der Waals surface area (Å²) >= 11 is 1.59. The maximum atomic E-state index is 5.76. The Morgan fingerprint density at radius 3 is 2.14 bits per heavy atom. The summed E-state index contributed by atoms with van der Waals surface area (Å²) < 4.78 is 6.41. The molecule has 2 unspecified atom stereocenters. The van der Waals surface area contributed by atoms with E-state index in [1.807, 2.05) is 6.92 Å². The first-order chi connectivity index (χ1) is 15.6. The van der Waals surface area contributed by atoms with E-state index in [2.05, 4.69) is 95.4 Å². The number of hydrogen-bond acceptors (Lipinski definition) is 1. The molecule has 5 heteroatoms. The van der Waals surface area contributed by atoms with Crippen molar-refractivity contribution in [2.24, 2.45) is 0 Å². The zero-order valence-electron chi connectivity index (χ0n) is 21.6. The van der Waals surface area contributed by atoms with Gasteiger partial charge in [0.25, 0.3) is 0 Å². The Morgan fingerprint density at radius 2 is 1.57 bits per heavy atom. The molecule has 2 bridgehead atoms. The van der Waals surface area contributed by atoms with E-state index in [0.29, 0.717) is 9.54 Å². The van der Waals surface area contributed by atoms with Gasteiger partial charge in [-0.3, -0.25) is 0 Å². The Bertz CT molecular complexity index is 1310. The number of hydrogen-bond donors (Lipinski definition) is 0. The molecule has 2 aliphatic heterocycles. The molecule has 0 saturated heterocycles. The third-order valence-corrected chi connectivity index (χ3v) is 13.8. The van der Waals surface area contributed by atoms with Crippen LogP contribution in [0, 0.1) is 6.92 Å². The van der Waals surface area contributed by atoms with Gasteiger partial charge in [-0.25, -0.2) is 0 Å². The largest absolute Gasteiger partial charge is 1.00 e. The predicted molar refractivity (Wildman–Crippen MR) is 139 cm³/mol. The number of furan rings is 1. The molecular weight excluding hydrogens is 567 g/mol. The molecule has 0 fully saturated rings. The zero-order chi connectivity index (χ0) is 23.7. The Hall–Kier alpha value is -1.12. The summed E-state index contributed by atoms with van der Waals surface area (Å²) in [6, 6.07) is 18.0. The van der Waals surface area contributed by atoms with E-state index in [-0.39, 0.29) is 24.8 Å². The normalized spacial score (nSPS) is 20.1. The van der Waals surface area contributed by atoms with Crippen LogP contribution >= 0.6 is 0 Å². The summed E-state index contributed by atoms with van der Waals surface area (Å²) in [5, 5.41) is 1.60. The van der Waals surface area contributed by atoms with Gasteiger partial charge in [-0.05, 0) is 25.1 Å². The quantitative estimate of drug-likeness (QED) is 0.413. The molecule has 2 aliphatic carbocycles. The first kappa shape index (κ1) is 28.5. The first-order valence-corrected chi connectivity index (χ1v) is 16.6. The summed E-state index contributed by atoms with van der Waals surface area (Å²) in [6.45, 7) is 15.9. The fraction of sp³-hybridized carbons (Fsp3) is 0.333. The minimum Gasteiger partial charge on any atom is -1.00 e. The molecule has 7 rings (SSSR count). The number of benzene rings is 2. The van der Waals surface area contributed by atoms with Crippen LogP contribution in [0.3, 0.4) is 0 Å². The van der Waals surface area contributed by atoms with Crippen LogP contribution in [0.5, 0.6) is 0 Å². The van der Waals surface area contributed by atoms with E-state index < -0.39 is 8.07 Å². The van der Waals surface area contributed by atoms with E-state index in [4.69, 9.17) is 4.42 Å². The smallest absolute Gasteiger partial charge is 1.00 e. The molecule has 1 aromatic heterocycles. The zero-order valence-corrected chi connectivity index (χ0v) is 26.6. The van der Waals surface area contributed by atoms with Crippen LogP contribution in [0.25, 0.3) is 22.4 Å². The molecule has 0 radical (unpaired) electrons. The van der Waals surface area contributed by atoms with Crippen LogP contribution in [0.2, 0.25) is 13.1 Å². The molecule has 2 aromatic carbocycles. The van der Waals surface area contributed by atoms with E-state index in [1.54, 1.807) is 35.5 Å². The molecule has 35 heavy (non-hydrogen) atoms. The van der Waals surface area contributed by atoms with Gasteiger partial charge in [-0.1, -0.05) is 18.7 Å². The fourth-order valence-electron chi connectivity index (χ4n) is 6.15. The number of fused-ring (bicyclic) bond motifs is 1. The van der Waals surface area contributed by atoms with E-state index in [0.717, 1.165) is 11.3 Å². The van der Waals surface area contributed by atoms with Crippen molar-refractivity contribution in [3.05, 3.63) is 93.5 Å². The molecule has 0 amide bonds. The molecule has 1 nitrogen and oxygen atoms in total. The Balaban J connectivity index is 0.000000199. The average molecular weight is 600 g/mol. The summed E-state index contributed by atoms with van der Waals surface area (Å²) in [6.07, 6.45) is 2.38. The number of aryl methyl sites for hydroxylation is 1. The fourth-order valence-corrected chi connectivity index (χ4v) is 11.2. The molecule has 3 aromatic rings. The van der Waals surface area contributed by atoms with Crippen molar-refractivity contribution in [1.82, 2.24) is 0 Å². The minimum atomic E-state index is -1.10. The number of rotatable bonds is 2. The van der Waals surface area contributed by atoms with Crippen LogP contribution in [-0.2, 0) is 24.7 Å². The predicted octanol–water partition coefficient (Wildman–Crippen LogP) is 2.75. The van der Waals surface area contributed by atoms with Gasteiger partial charge in [0.2, 0.25) is 0 Å². The van der Waals surface area contributed by atoms with Crippen molar-refractivity contribution in [1.29, 1.82) is 0 Å². The standard InChI is InChI=1S/C19H19.C11H14OSi.2ClH.Zr/c1-13(2)15-7-9-16(10-8-15)18-6-4-5-17-11-14(3)12-19(17)18;1-6-5-8-9(12-6)11-7(2)10(8)13(11,3)4;;;/h4-13H,1-3H3;5,10H,1-4H3;2*1H;/q;;;;+2/p-2. The molecule has 0 N–H and O–H groups in total. The summed E-state index contributed by atoms with van der Waals surface area (Å²) in [5.41, 5.74) is 12.4. The van der Waals surface area contributed by atoms with Crippen molar-refractivity contribution >= 4 is 19.3 Å². The van der Waals surface area contributed by atoms with Crippen LogP contribution in [0.1, 0.15) is 76.6 Å². The second-order valence-corrected chi connectivity index (χ2v) is 16.7. The van der Waals surface area contributed by atoms with Gasteiger partial charge in [-0.2, -0.15) is 0 Å². The molecule has 4 aliphatic rings. The molecule has 0 saturated carbocycles. The van der Waals surface area contributed by atoms with Crippen LogP contribution in [0.15, 0.2) is 64.1 Å². The number of allylic oxidation sites excluding steroid dienone is 2. The molecule has 3 heterocycles. The Morgan fingerprint density at radius 1 is 0.914 bits per heavy atom. The monoisotopic (exact) mass is 597 g/mol. The molecule has 2 atom stereocenters.